The summed E-state index contributed by atoms with van der Waals surface area (Å²) in [4.78, 5) is 20.8. The monoisotopic (exact) mass is 349 g/mol. The minimum Gasteiger partial charge on any atom is -0.279 e. The molecule has 6 heteroatoms. The summed E-state index contributed by atoms with van der Waals surface area (Å²) in [7, 11) is 1.46. The van der Waals surface area contributed by atoms with Crippen molar-refractivity contribution in [2.24, 2.45) is 0 Å². The van der Waals surface area contributed by atoms with Crippen molar-refractivity contribution < 1.29 is 9.76 Å². The Labute approximate surface area is 151 Å². The number of rotatable bonds is 7. The maximum atomic E-state index is 11.7. The van der Waals surface area contributed by atoms with E-state index in [9.17, 15) is 10.1 Å². The van der Waals surface area contributed by atoms with Gasteiger partial charge in [-0.05, 0) is 42.7 Å². The zero-order chi connectivity index (χ0) is 18.5. The molecule has 0 atom stereocenters. The second-order valence-corrected chi connectivity index (χ2v) is 5.80. The summed E-state index contributed by atoms with van der Waals surface area (Å²) < 4.78 is 0. The molecule has 0 aliphatic carbocycles. The van der Waals surface area contributed by atoms with Gasteiger partial charge in [-0.3, -0.25) is 25.4 Å². The molecule has 0 unspecified atom stereocenters. The summed E-state index contributed by atoms with van der Waals surface area (Å²) in [6.45, 7) is 3.75. The highest BCUT2D eigenvalue weighted by Crippen LogP contribution is 2.36. The molecule has 0 amide bonds. The number of anilines is 1. The lowest BCUT2D eigenvalue weighted by Crippen LogP contribution is -1.99. The fraction of sp³-hybridized carbons (Fsp3) is 0.150. The third-order valence-electron chi connectivity index (χ3n) is 4.08. The molecule has 2 aromatic carbocycles. The number of nitrogens with zero attached hydrogens (tertiary/aromatic N) is 2. The van der Waals surface area contributed by atoms with Crippen LogP contribution in [0.25, 0.3) is 22.0 Å². The molecule has 1 aromatic heterocycles. The summed E-state index contributed by atoms with van der Waals surface area (Å²) in [6, 6.07) is 14.6. The van der Waals surface area contributed by atoms with Crippen LogP contribution in [0, 0.1) is 10.1 Å². The van der Waals surface area contributed by atoms with Gasteiger partial charge < -0.3 is 0 Å². The number of fused-ring (bicyclic) bond motifs is 1. The minimum atomic E-state index is -0.380. The van der Waals surface area contributed by atoms with Crippen LogP contribution in [0.3, 0.4) is 0 Å². The molecule has 132 valence electrons. The third kappa shape index (κ3) is 3.55. The highest BCUT2D eigenvalue weighted by Gasteiger charge is 2.19. The van der Waals surface area contributed by atoms with Crippen molar-refractivity contribution in [1.29, 1.82) is 0 Å². The van der Waals surface area contributed by atoms with Crippen molar-refractivity contribution in [3.63, 3.8) is 0 Å². The van der Waals surface area contributed by atoms with Gasteiger partial charge in [0.2, 0.25) is 0 Å². The van der Waals surface area contributed by atoms with Gasteiger partial charge in [0.15, 0.2) is 0 Å². The molecule has 0 radical (unpaired) electrons. The molecule has 0 fully saturated rings. The van der Waals surface area contributed by atoms with Crippen molar-refractivity contribution in [2.45, 2.75) is 12.8 Å². The normalized spacial score (nSPS) is 10.7. The molecule has 0 aliphatic rings. The molecule has 3 rings (SSSR count). The molecular weight excluding hydrogens is 330 g/mol. The number of benzene rings is 2. The summed E-state index contributed by atoms with van der Waals surface area (Å²) in [5, 5.41) is 12.5. The number of para-hydroxylation sites is 1. The standard InChI is InChI=1S/C20H19N3O3/c1-3-4-7-14-12-18(16-8-5-6-9-19(16)21-14)17-11-10-15(22-26-2)13-20(17)23(24)25/h3,5-6,8-13,22H,1,4,7H2,2H3. The van der Waals surface area contributed by atoms with Crippen LogP contribution in [-0.2, 0) is 11.3 Å². The van der Waals surface area contributed by atoms with Crippen molar-refractivity contribution >= 4 is 22.3 Å². The number of hydrogen-bond acceptors (Lipinski definition) is 5. The molecule has 26 heavy (non-hydrogen) atoms. The van der Waals surface area contributed by atoms with Crippen molar-refractivity contribution in [3.05, 3.63) is 77.0 Å². The van der Waals surface area contributed by atoms with Gasteiger partial charge in [0.25, 0.3) is 5.69 Å². The molecule has 1 N–H and O–H groups in total. The van der Waals surface area contributed by atoms with Gasteiger partial charge in [-0.15, -0.1) is 6.58 Å². The fourth-order valence-corrected chi connectivity index (χ4v) is 2.92. The highest BCUT2D eigenvalue weighted by atomic mass is 16.6. The molecule has 0 bridgehead atoms. The van der Waals surface area contributed by atoms with E-state index in [1.165, 1.54) is 13.2 Å². The number of nitrogens with one attached hydrogen (secondary N) is 1. The number of nitro groups is 1. The lowest BCUT2D eigenvalue weighted by atomic mass is 9.97. The largest absolute Gasteiger partial charge is 0.279 e. The maximum Gasteiger partial charge on any atom is 0.279 e. The zero-order valence-corrected chi connectivity index (χ0v) is 14.4. The second kappa shape index (κ2) is 7.76. The van der Waals surface area contributed by atoms with E-state index in [1.54, 1.807) is 12.1 Å². The van der Waals surface area contributed by atoms with Crippen LogP contribution in [0.1, 0.15) is 12.1 Å². The number of aryl methyl sites for hydroxylation is 1. The topological polar surface area (TPSA) is 77.3 Å². The van der Waals surface area contributed by atoms with Gasteiger partial charge in [-0.2, -0.15) is 0 Å². The number of hydrogen-bond donors (Lipinski definition) is 1. The first-order valence-electron chi connectivity index (χ1n) is 8.21. The summed E-state index contributed by atoms with van der Waals surface area (Å²) in [5.74, 6) is 0. The van der Waals surface area contributed by atoms with Gasteiger partial charge in [0.05, 0.1) is 28.8 Å². The molecule has 3 aromatic rings. The summed E-state index contributed by atoms with van der Waals surface area (Å²) in [5.41, 5.74) is 6.21. The smallest absolute Gasteiger partial charge is 0.279 e. The first kappa shape index (κ1) is 17.6. The lowest BCUT2D eigenvalue weighted by molar-refractivity contribution is -0.384. The average Bonchev–Trinajstić information content (AvgIpc) is 2.66. The Morgan fingerprint density at radius 1 is 1.23 bits per heavy atom. The van der Waals surface area contributed by atoms with E-state index in [0.29, 0.717) is 11.3 Å². The van der Waals surface area contributed by atoms with Gasteiger partial charge in [0, 0.05) is 17.1 Å². The van der Waals surface area contributed by atoms with Crippen molar-refractivity contribution in [1.82, 2.24) is 4.98 Å². The van der Waals surface area contributed by atoms with Crippen LogP contribution in [-0.4, -0.2) is 17.0 Å². The second-order valence-electron chi connectivity index (χ2n) is 5.80. The SMILES string of the molecule is C=CCCc1cc(-c2ccc(NOC)cc2[N+](=O)[O-])c2ccccc2n1. The van der Waals surface area contributed by atoms with Gasteiger partial charge in [-0.25, -0.2) is 0 Å². The van der Waals surface area contributed by atoms with E-state index in [2.05, 4.69) is 17.0 Å². The number of aromatic nitrogens is 1. The predicted octanol–water partition coefficient (Wildman–Crippen LogP) is 4.90. The summed E-state index contributed by atoms with van der Waals surface area (Å²) in [6.07, 6.45) is 3.37. The van der Waals surface area contributed by atoms with Crippen molar-refractivity contribution in [3.8, 4) is 11.1 Å². The van der Waals surface area contributed by atoms with E-state index in [-0.39, 0.29) is 10.6 Å². The fourth-order valence-electron chi connectivity index (χ4n) is 2.92. The van der Waals surface area contributed by atoms with Crippen LogP contribution in [0.15, 0.2) is 61.2 Å². The molecule has 0 spiro atoms. The third-order valence-corrected chi connectivity index (χ3v) is 4.08. The number of allylic oxidation sites excluding steroid dienone is 1. The van der Waals surface area contributed by atoms with E-state index in [0.717, 1.165) is 35.0 Å². The maximum absolute atomic E-state index is 11.7. The van der Waals surface area contributed by atoms with Crippen LogP contribution in [0.2, 0.25) is 0 Å². The predicted molar refractivity (Wildman–Crippen MR) is 103 cm³/mol. The van der Waals surface area contributed by atoms with Gasteiger partial charge in [0.1, 0.15) is 0 Å². The van der Waals surface area contributed by atoms with E-state index in [4.69, 9.17) is 4.84 Å². The van der Waals surface area contributed by atoms with Crippen LogP contribution in [0.5, 0.6) is 0 Å². The van der Waals surface area contributed by atoms with E-state index in [1.807, 2.05) is 36.4 Å². The van der Waals surface area contributed by atoms with E-state index < -0.39 is 0 Å². The minimum absolute atomic E-state index is 0.0121. The summed E-state index contributed by atoms with van der Waals surface area (Å²) >= 11 is 0. The Balaban J connectivity index is 2.23. The van der Waals surface area contributed by atoms with Crippen LogP contribution >= 0.6 is 0 Å². The Bertz CT molecular complexity index is 970. The molecular formula is C20H19N3O3. The Kier molecular flexibility index (Phi) is 5.24. The number of nitro benzene ring substituents is 1. The number of pyridine rings is 1. The quantitative estimate of drug-likeness (QED) is 0.373. The highest BCUT2D eigenvalue weighted by molar-refractivity contribution is 5.97. The molecule has 0 saturated heterocycles. The molecule has 0 aliphatic heterocycles. The molecule has 0 saturated carbocycles. The zero-order valence-electron chi connectivity index (χ0n) is 14.4. The van der Waals surface area contributed by atoms with Gasteiger partial charge >= 0.3 is 0 Å². The Morgan fingerprint density at radius 2 is 2.04 bits per heavy atom. The average molecular weight is 349 g/mol. The Hall–Kier alpha value is -3.25. The lowest BCUT2D eigenvalue weighted by Gasteiger charge is -2.11. The molecule has 6 nitrogen and oxygen atoms in total. The van der Waals surface area contributed by atoms with Crippen LogP contribution in [0.4, 0.5) is 11.4 Å². The first-order chi connectivity index (χ1) is 12.6. The molecule has 1 heterocycles. The van der Waals surface area contributed by atoms with Crippen LogP contribution < -0.4 is 5.48 Å². The Morgan fingerprint density at radius 3 is 2.77 bits per heavy atom. The van der Waals surface area contributed by atoms with Gasteiger partial charge in [-0.1, -0.05) is 24.3 Å². The first-order valence-corrected chi connectivity index (χ1v) is 8.21. The van der Waals surface area contributed by atoms with Crippen molar-refractivity contribution in [2.75, 3.05) is 12.6 Å². The van der Waals surface area contributed by atoms with E-state index >= 15 is 0 Å².